The number of pyridine rings is 1. The summed E-state index contributed by atoms with van der Waals surface area (Å²) in [4.78, 5) is 24.2. The highest BCUT2D eigenvalue weighted by Crippen LogP contribution is 2.31. The summed E-state index contributed by atoms with van der Waals surface area (Å²) in [6.07, 6.45) is -3.95. The molecule has 1 aromatic carbocycles. The highest BCUT2D eigenvalue weighted by atomic mass is 19.4. The SMILES string of the molecule is O=Cc1[nH]c(=O)ccc1-c1ccc(C(F)(F)F)cc1. The quantitative estimate of drug-likeness (QED) is 0.850. The number of rotatable bonds is 2. The van der Waals surface area contributed by atoms with E-state index in [9.17, 15) is 22.8 Å². The Morgan fingerprint density at radius 1 is 1.00 bits per heavy atom. The van der Waals surface area contributed by atoms with Gasteiger partial charge in [0.25, 0.3) is 0 Å². The minimum Gasteiger partial charge on any atom is -0.319 e. The molecule has 2 rings (SSSR count). The van der Waals surface area contributed by atoms with E-state index in [1.807, 2.05) is 0 Å². The minimum atomic E-state index is -4.41. The second kappa shape index (κ2) is 4.72. The highest BCUT2D eigenvalue weighted by molar-refractivity contribution is 5.84. The van der Waals surface area contributed by atoms with Crippen LogP contribution in [-0.4, -0.2) is 11.3 Å². The van der Waals surface area contributed by atoms with Gasteiger partial charge in [-0.3, -0.25) is 9.59 Å². The predicted octanol–water partition coefficient (Wildman–Crippen LogP) is 2.87. The molecule has 0 unspecified atom stereocenters. The van der Waals surface area contributed by atoms with Crippen molar-refractivity contribution in [3.05, 3.63) is 58.0 Å². The second-order valence-corrected chi connectivity index (χ2v) is 3.84. The van der Waals surface area contributed by atoms with Crippen molar-refractivity contribution in [2.45, 2.75) is 6.18 Å². The largest absolute Gasteiger partial charge is 0.416 e. The smallest absolute Gasteiger partial charge is 0.319 e. The van der Waals surface area contributed by atoms with Crippen LogP contribution < -0.4 is 5.56 Å². The lowest BCUT2D eigenvalue weighted by Crippen LogP contribution is -2.08. The molecule has 0 aliphatic rings. The lowest BCUT2D eigenvalue weighted by Gasteiger charge is -2.08. The highest BCUT2D eigenvalue weighted by Gasteiger charge is 2.30. The Hall–Kier alpha value is -2.37. The van der Waals surface area contributed by atoms with Crippen molar-refractivity contribution in [2.75, 3.05) is 0 Å². The van der Waals surface area contributed by atoms with Crippen LogP contribution >= 0.6 is 0 Å². The van der Waals surface area contributed by atoms with Crippen LogP contribution in [0.2, 0.25) is 0 Å². The molecule has 0 bridgehead atoms. The summed E-state index contributed by atoms with van der Waals surface area (Å²) in [6.45, 7) is 0. The summed E-state index contributed by atoms with van der Waals surface area (Å²) >= 11 is 0. The zero-order chi connectivity index (χ0) is 14.0. The van der Waals surface area contributed by atoms with Gasteiger partial charge in [-0.25, -0.2) is 0 Å². The van der Waals surface area contributed by atoms with Crippen molar-refractivity contribution in [2.24, 2.45) is 0 Å². The number of aldehydes is 1. The van der Waals surface area contributed by atoms with E-state index in [1.165, 1.54) is 24.3 Å². The Bertz CT molecular complexity index is 657. The first-order chi connectivity index (χ1) is 8.91. The summed E-state index contributed by atoms with van der Waals surface area (Å²) in [5.74, 6) is 0. The average molecular weight is 267 g/mol. The van der Waals surface area contributed by atoms with Gasteiger partial charge in [-0.1, -0.05) is 12.1 Å². The summed E-state index contributed by atoms with van der Waals surface area (Å²) in [5.41, 5.74) is -0.381. The molecule has 0 radical (unpaired) electrons. The third kappa shape index (κ3) is 2.73. The van der Waals surface area contributed by atoms with Gasteiger partial charge < -0.3 is 4.98 Å². The van der Waals surface area contributed by atoms with Gasteiger partial charge in [0.05, 0.1) is 11.3 Å². The molecule has 1 heterocycles. The molecule has 1 aromatic heterocycles. The van der Waals surface area contributed by atoms with Gasteiger partial charge in [0, 0.05) is 11.6 Å². The number of benzene rings is 1. The van der Waals surface area contributed by atoms with Crippen LogP contribution in [0.25, 0.3) is 11.1 Å². The number of nitrogens with one attached hydrogen (secondary N) is 1. The van der Waals surface area contributed by atoms with Gasteiger partial charge in [-0.2, -0.15) is 13.2 Å². The molecule has 98 valence electrons. The van der Waals surface area contributed by atoms with Gasteiger partial charge in [-0.05, 0) is 23.8 Å². The molecule has 0 spiro atoms. The van der Waals surface area contributed by atoms with Gasteiger partial charge in [0.15, 0.2) is 6.29 Å². The molecule has 0 atom stereocenters. The van der Waals surface area contributed by atoms with Crippen LogP contribution in [0.5, 0.6) is 0 Å². The fraction of sp³-hybridized carbons (Fsp3) is 0.0769. The van der Waals surface area contributed by atoms with E-state index in [1.54, 1.807) is 0 Å². The van der Waals surface area contributed by atoms with Crippen LogP contribution in [-0.2, 0) is 6.18 Å². The van der Waals surface area contributed by atoms with Crippen LogP contribution in [0.15, 0.2) is 41.2 Å². The maximum Gasteiger partial charge on any atom is 0.416 e. The lowest BCUT2D eigenvalue weighted by molar-refractivity contribution is -0.137. The Morgan fingerprint density at radius 3 is 2.16 bits per heavy atom. The first kappa shape index (κ1) is 13.1. The van der Waals surface area contributed by atoms with E-state index >= 15 is 0 Å². The third-order valence-corrected chi connectivity index (χ3v) is 2.59. The summed E-state index contributed by atoms with van der Waals surface area (Å²) in [5, 5.41) is 0. The molecule has 0 saturated heterocycles. The first-order valence-corrected chi connectivity index (χ1v) is 5.28. The van der Waals surface area contributed by atoms with Crippen molar-refractivity contribution in [3.8, 4) is 11.1 Å². The van der Waals surface area contributed by atoms with Crippen molar-refractivity contribution < 1.29 is 18.0 Å². The molecule has 0 aliphatic carbocycles. The number of alkyl halides is 3. The molecule has 6 heteroatoms. The van der Waals surface area contributed by atoms with Crippen molar-refractivity contribution in [3.63, 3.8) is 0 Å². The number of hydrogen-bond acceptors (Lipinski definition) is 2. The Labute approximate surface area is 105 Å². The monoisotopic (exact) mass is 267 g/mol. The Kier molecular flexibility index (Phi) is 3.25. The fourth-order valence-electron chi connectivity index (χ4n) is 1.67. The van der Waals surface area contributed by atoms with Gasteiger partial charge in [0.1, 0.15) is 0 Å². The zero-order valence-corrected chi connectivity index (χ0v) is 9.49. The molecule has 0 amide bonds. The summed E-state index contributed by atoms with van der Waals surface area (Å²) < 4.78 is 37.3. The molecule has 0 aliphatic heterocycles. The number of H-pyrrole nitrogens is 1. The standard InChI is InChI=1S/C13H8F3NO2/c14-13(15,16)9-3-1-8(2-4-9)10-5-6-12(19)17-11(10)7-18/h1-7H,(H,17,19). The fourth-order valence-corrected chi connectivity index (χ4v) is 1.67. The van der Waals surface area contributed by atoms with E-state index in [-0.39, 0.29) is 5.69 Å². The molecular weight excluding hydrogens is 259 g/mol. The van der Waals surface area contributed by atoms with Crippen molar-refractivity contribution in [1.29, 1.82) is 0 Å². The summed E-state index contributed by atoms with van der Waals surface area (Å²) in [7, 11) is 0. The maximum absolute atomic E-state index is 12.4. The molecule has 0 fully saturated rings. The van der Waals surface area contributed by atoms with Gasteiger partial charge in [-0.15, -0.1) is 0 Å². The van der Waals surface area contributed by atoms with Crippen molar-refractivity contribution >= 4 is 6.29 Å². The number of carbonyl (C=O) groups excluding carboxylic acids is 1. The van der Waals surface area contributed by atoms with E-state index < -0.39 is 17.3 Å². The Morgan fingerprint density at radius 2 is 1.63 bits per heavy atom. The molecule has 2 aromatic rings. The first-order valence-electron chi connectivity index (χ1n) is 5.28. The van der Waals surface area contributed by atoms with Gasteiger partial charge in [0.2, 0.25) is 5.56 Å². The predicted molar refractivity (Wildman–Crippen MR) is 62.9 cm³/mol. The van der Waals surface area contributed by atoms with Crippen molar-refractivity contribution in [1.82, 2.24) is 4.98 Å². The topological polar surface area (TPSA) is 49.9 Å². The van der Waals surface area contributed by atoms with Crippen LogP contribution in [0.4, 0.5) is 13.2 Å². The number of aromatic amines is 1. The van der Waals surface area contributed by atoms with E-state index in [4.69, 9.17) is 0 Å². The number of aromatic nitrogens is 1. The number of hydrogen-bond donors (Lipinski definition) is 1. The molecular formula is C13H8F3NO2. The van der Waals surface area contributed by atoms with Crippen LogP contribution in [0.3, 0.4) is 0 Å². The summed E-state index contributed by atoms with van der Waals surface area (Å²) in [6, 6.07) is 6.96. The van der Waals surface area contributed by atoms with E-state index in [0.717, 1.165) is 12.1 Å². The molecule has 19 heavy (non-hydrogen) atoms. The normalized spacial score (nSPS) is 11.3. The van der Waals surface area contributed by atoms with E-state index in [0.29, 0.717) is 17.4 Å². The van der Waals surface area contributed by atoms with Crippen LogP contribution in [0, 0.1) is 0 Å². The minimum absolute atomic E-state index is 0.0345. The van der Waals surface area contributed by atoms with E-state index in [2.05, 4.69) is 4.98 Å². The Balaban J connectivity index is 2.49. The maximum atomic E-state index is 12.4. The average Bonchev–Trinajstić information content (AvgIpc) is 2.37. The molecule has 0 saturated carbocycles. The molecule has 3 nitrogen and oxygen atoms in total. The van der Waals surface area contributed by atoms with Gasteiger partial charge >= 0.3 is 6.18 Å². The number of carbonyl (C=O) groups is 1. The lowest BCUT2D eigenvalue weighted by atomic mass is 10.0. The number of halogens is 3. The third-order valence-electron chi connectivity index (χ3n) is 2.59. The molecule has 1 N–H and O–H groups in total. The zero-order valence-electron chi connectivity index (χ0n) is 9.49. The van der Waals surface area contributed by atoms with Crippen LogP contribution in [0.1, 0.15) is 16.1 Å². The second-order valence-electron chi connectivity index (χ2n) is 3.84.